The SMILES string of the molecule is CC1CC1.Cc1ccccc1.Cc1ccccc1.Cc1cccnc1. The molecule has 0 aliphatic heterocycles. The Labute approximate surface area is 153 Å². The molecule has 3 aromatic rings. The van der Waals surface area contributed by atoms with Crippen LogP contribution in [0.4, 0.5) is 0 Å². The maximum absolute atomic E-state index is 3.88. The Bertz CT molecular complexity index is 554. The van der Waals surface area contributed by atoms with E-state index in [2.05, 4.69) is 50.0 Å². The summed E-state index contributed by atoms with van der Waals surface area (Å²) in [5, 5.41) is 0. The highest BCUT2D eigenvalue weighted by Gasteiger charge is 2.12. The zero-order valence-electron chi connectivity index (χ0n) is 16.0. The van der Waals surface area contributed by atoms with E-state index in [0.717, 1.165) is 5.92 Å². The zero-order valence-corrected chi connectivity index (χ0v) is 16.0. The van der Waals surface area contributed by atoms with Crippen molar-refractivity contribution in [2.75, 3.05) is 0 Å². The summed E-state index contributed by atoms with van der Waals surface area (Å²) in [6.45, 7) is 8.47. The quantitative estimate of drug-likeness (QED) is 0.441. The van der Waals surface area contributed by atoms with Gasteiger partial charge in [-0.15, -0.1) is 0 Å². The summed E-state index contributed by atoms with van der Waals surface area (Å²) < 4.78 is 0. The van der Waals surface area contributed by atoms with Crippen LogP contribution in [0, 0.1) is 26.7 Å². The molecule has 25 heavy (non-hydrogen) atoms. The van der Waals surface area contributed by atoms with Crippen molar-refractivity contribution in [2.45, 2.75) is 40.5 Å². The van der Waals surface area contributed by atoms with Crippen LogP contribution < -0.4 is 0 Å². The summed E-state index contributed by atoms with van der Waals surface area (Å²) in [6, 6.07) is 24.5. The first-order valence-corrected chi connectivity index (χ1v) is 8.98. The monoisotopic (exact) mass is 333 g/mol. The van der Waals surface area contributed by atoms with Gasteiger partial charge >= 0.3 is 0 Å². The highest BCUT2D eigenvalue weighted by atomic mass is 14.6. The van der Waals surface area contributed by atoms with Crippen LogP contribution in [0.1, 0.15) is 36.5 Å². The van der Waals surface area contributed by atoms with Crippen LogP contribution in [0.2, 0.25) is 0 Å². The summed E-state index contributed by atoms with van der Waals surface area (Å²) in [5.41, 5.74) is 3.85. The minimum absolute atomic E-state index is 1.08. The first-order chi connectivity index (χ1) is 12.1. The van der Waals surface area contributed by atoms with Crippen LogP contribution in [0.5, 0.6) is 0 Å². The molecule has 1 heterocycles. The number of nitrogens with zero attached hydrogens (tertiary/aromatic N) is 1. The Morgan fingerprint density at radius 1 is 0.640 bits per heavy atom. The third-order valence-electron chi connectivity index (χ3n) is 3.56. The molecule has 1 nitrogen and oxygen atoms in total. The van der Waals surface area contributed by atoms with Crippen molar-refractivity contribution in [3.8, 4) is 0 Å². The zero-order chi connectivity index (χ0) is 18.3. The van der Waals surface area contributed by atoms with Gasteiger partial charge in [0, 0.05) is 12.4 Å². The molecule has 1 heteroatoms. The smallest absolute Gasteiger partial charge is 0.0297 e. The highest BCUT2D eigenvalue weighted by Crippen LogP contribution is 2.26. The molecule has 1 fully saturated rings. The second-order valence-corrected chi connectivity index (χ2v) is 6.52. The van der Waals surface area contributed by atoms with E-state index in [1.807, 2.05) is 61.7 Å². The van der Waals surface area contributed by atoms with E-state index in [-0.39, 0.29) is 0 Å². The molecule has 0 saturated heterocycles. The van der Waals surface area contributed by atoms with E-state index in [1.165, 1.54) is 29.5 Å². The van der Waals surface area contributed by atoms with E-state index >= 15 is 0 Å². The van der Waals surface area contributed by atoms with Crippen molar-refractivity contribution < 1.29 is 0 Å². The molecule has 0 atom stereocenters. The molecule has 0 amide bonds. The molecule has 1 aromatic heterocycles. The maximum Gasteiger partial charge on any atom is 0.0297 e. The Kier molecular flexibility index (Phi) is 10.7. The fourth-order valence-electron chi connectivity index (χ4n) is 1.68. The van der Waals surface area contributed by atoms with Crippen LogP contribution in [-0.4, -0.2) is 4.98 Å². The molecule has 0 bridgehead atoms. The van der Waals surface area contributed by atoms with Gasteiger partial charge in [0.15, 0.2) is 0 Å². The van der Waals surface area contributed by atoms with Crippen LogP contribution in [0.25, 0.3) is 0 Å². The van der Waals surface area contributed by atoms with Crippen LogP contribution in [-0.2, 0) is 0 Å². The first-order valence-electron chi connectivity index (χ1n) is 8.98. The van der Waals surface area contributed by atoms with Gasteiger partial charge in [0.05, 0.1) is 0 Å². The lowest BCUT2D eigenvalue weighted by Crippen LogP contribution is -1.69. The van der Waals surface area contributed by atoms with Crippen molar-refractivity contribution in [1.82, 2.24) is 4.98 Å². The molecule has 0 N–H and O–H groups in total. The molecule has 2 aromatic carbocycles. The average Bonchev–Trinajstić information content (AvgIpc) is 3.41. The number of hydrogen-bond donors (Lipinski definition) is 0. The second-order valence-electron chi connectivity index (χ2n) is 6.52. The summed E-state index contributed by atoms with van der Waals surface area (Å²) >= 11 is 0. The Hall–Kier alpha value is -2.41. The van der Waals surface area contributed by atoms with E-state index in [4.69, 9.17) is 0 Å². The molecule has 132 valence electrons. The minimum atomic E-state index is 1.08. The summed E-state index contributed by atoms with van der Waals surface area (Å²) in [4.78, 5) is 3.88. The Morgan fingerprint density at radius 2 is 1.04 bits per heavy atom. The van der Waals surface area contributed by atoms with Gasteiger partial charge in [-0.05, 0) is 38.3 Å². The minimum Gasteiger partial charge on any atom is -0.264 e. The molecule has 0 spiro atoms. The normalized spacial score (nSPS) is 11.5. The van der Waals surface area contributed by atoms with Gasteiger partial charge in [-0.3, -0.25) is 4.98 Å². The van der Waals surface area contributed by atoms with Crippen molar-refractivity contribution in [3.05, 3.63) is 102 Å². The van der Waals surface area contributed by atoms with Gasteiger partial charge in [0.25, 0.3) is 0 Å². The summed E-state index contributed by atoms with van der Waals surface area (Å²) in [6.07, 6.45) is 6.58. The molecule has 1 aliphatic carbocycles. The number of aromatic nitrogens is 1. The highest BCUT2D eigenvalue weighted by molar-refractivity contribution is 5.12. The van der Waals surface area contributed by atoms with E-state index in [1.54, 1.807) is 6.20 Å². The van der Waals surface area contributed by atoms with E-state index < -0.39 is 0 Å². The lowest BCUT2D eigenvalue weighted by Gasteiger charge is -1.82. The first kappa shape index (κ1) is 20.6. The van der Waals surface area contributed by atoms with Crippen molar-refractivity contribution >= 4 is 0 Å². The molecular weight excluding hydrogens is 302 g/mol. The van der Waals surface area contributed by atoms with Gasteiger partial charge in [-0.2, -0.15) is 0 Å². The number of hydrogen-bond acceptors (Lipinski definition) is 1. The van der Waals surface area contributed by atoms with Gasteiger partial charge in [0.2, 0.25) is 0 Å². The predicted molar refractivity (Wildman–Crippen MR) is 110 cm³/mol. The van der Waals surface area contributed by atoms with Crippen molar-refractivity contribution in [1.29, 1.82) is 0 Å². The molecule has 0 radical (unpaired) electrons. The fraction of sp³-hybridized carbons (Fsp3) is 0.292. The largest absolute Gasteiger partial charge is 0.264 e. The standard InChI is InChI=1S/2C7H8.C6H7N.C4H8/c2*1-7-5-3-2-4-6-7;1-6-3-2-4-7-5-6;1-4-2-3-4/h2*2-6H,1H3;2-5H,1H3;4H,2-3H2,1H3. The maximum atomic E-state index is 3.88. The number of rotatable bonds is 0. The van der Waals surface area contributed by atoms with E-state index in [0.29, 0.717) is 0 Å². The predicted octanol–water partition coefficient (Wildman–Crippen LogP) is 6.80. The lowest BCUT2D eigenvalue weighted by atomic mass is 10.2. The van der Waals surface area contributed by atoms with Gasteiger partial charge in [0.1, 0.15) is 0 Å². The Morgan fingerprint density at radius 3 is 1.20 bits per heavy atom. The molecule has 1 saturated carbocycles. The molecular formula is C24H31N. The fourth-order valence-corrected chi connectivity index (χ4v) is 1.68. The molecule has 4 rings (SSSR count). The number of aryl methyl sites for hydroxylation is 3. The van der Waals surface area contributed by atoms with Gasteiger partial charge in [-0.25, -0.2) is 0 Å². The van der Waals surface area contributed by atoms with Crippen LogP contribution in [0.15, 0.2) is 85.2 Å². The van der Waals surface area contributed by atoms with Crippen molar-refractivity contribution in [2.24, 2.45) is 5.92 Å². The number of pyridine rings is 1. The third-order valence-corrected chi connectivity index (χ3v) is 3.56. The van der Waals surface area contributed by atoms with Crippen LogP contribution in [0.3, 0.4) is 0 Å². The topological polar surface area (TPSA) is 12.9 Å². The summed E-state index contributed by atoms with van der Waals surface area (Å²) in [7, 11) is 0. The van der Waals surface area contributed by atoms with Gasteiger partial charge in [-0.1, -0.05) is 97.6 Å². The van der Waals surface area contributed by atoms with Gasteiger partial charge < -0.3 is 0 Å². The summed E-state index contributed by atoms with van der Waals surface area (Å²) in [5.74, 6) is 1.08. The van der Waals surface area contributed by atoms with Crippen LogP contribution >= 0.6 is 0 Å². The third kappa shape index (κ3) is 13.7. The van der Waals surface area contributed by atoms with Crippen molar-refractivity contribution in [3.63, 3.8) is 0 Å². The second kappa shape index (κ2) is 12.9. The lowest BCUT2D eigenvalue weighted by molar-refractivity contribution is 0.983. The number of benzene rings is 2. The molecule has 0 unspecified atom stereocenters. The average molecular weight is 334 g/mol. The van der Waals surface area contributed by atoms with E-state index in [9.17, 15) is 0 Å². The molecule has 1 aliphatic rings. The Balaban J connectivity index is 0.000000170.